The normalized spacial score (nSPS) is 9.18. The van der Waals surface area contributed by atoms with E-state index in [0.717, 1.165) is 0 Å². The Kier molecular flexibility index (Phi) is 2.08. The molecule has 4 heteroatoms. The summed E-state index contributed by atoms with van der Waals surface area (Å²) in [6.07, 6.45) is 0. The molecule has 0 aliphatic heterocycles. The van der Waals surface area contributed by atoms with Crippen LogP contribution >= 0.6 is 0 Å². The Morgan fingerprint density at radius 2 is 1.82 bits per heavy atom. The number of nitrogen functional groups attached to an aromatic ring is 1. The summed E-state index contributed by atoms with van der Waals surface area (Å²) in [5.74, 6) is 4.10. The molecular formula is C7H8N2O2. The van der Waals surface area contributed by atoms with Crippen LogP contribution < -0.4 is 11.6 Å². The number of carbonyl (C=O) groups is 1. The van der Waals surface area contributed by atoms with Crippen molar-refractivity contribution in [2.24, 2.45) is 5.90 Å². The number of nitrogens with two attached hydrogens (primary N) is 2. The highest BCUT2D eigenvalue weighted by atomic mass is 16.7. The van der Waals surface area contributed by atoms with Crippen molar-refractivity contribution >= 4 is 11.7 Å². The van der Waals surface area contributed by atoms with E-state index in [1.54, 1.807) is 24.3 Å². The van der Waals surface area contributed by atoms with E-state index in [1.165, 1.54) is 0 Å². The summed E-state index contributed by atoms with van der Waals surface area (Å²) in [6.45, 7) is 0. The van der Waals surface area contributed by atoms with E-state index in [0.29, 0.717) is 11.3 Å². The van der Waals surface area contributed by atoms with Gasteiger partial charge in [0.25, 0.3) is 0 Å². The van der Waals surface area contributed by atoms with Crippen molar-refractivity contribution < 1.29 is 9.63 Å². The summed E-state index contributed by atoms with van der Waals surface area (Å²) in [5.41, 5.74) is 6.37. The van der Waals surface area contributed by atoms with E-state index < -0.39 is 5.97 Å². The van der Waals surface area contributed by atoms with Crippen molar-refractivity contribution in [1.82, 2.24) is 0 Å². The fourth-order valence-electron chi connectivity index (χ4n) is 0.687. The largest absolute Gasteiger partial charge is 0.399 e. The molecule has 0 aliphatic carbocycles. The third-order valence-electron chi connectivity index (χ3n) is 1.25. The average Bonchev–Trinajstić information content (AvgIpc) is 2.05. The predicted molar refractivity (Wildman–Crippen MR) is 40.5 cm³/mol. The molecule has 0 saturated carbocycles. The van der Waals surface area contributed by atoms with Crippen LogP contribution in [0.3, 0.4) is 0 Å². The van der Waals surface area contributed by atoms with Gasteiger partial charge in [0, 0.05) is 5.69 Å². The molecule has 1 aromatic rings. The van der Waals surface area contributed by atoms with Gasteiger partial charge in [0.15, 0.2) is 0 Å². The number of rotatable bonds is 1. The molecule has 0 aromatic heterocycles. The predicted octanol–water partition coefficient (Wildman–Crippen LogP) is 0.299. The number of hydrogen-bond donors (Lipinski definition) is 2. The van der Waals surface area contributed by atoms with Crippen molar-refractivity contribution in [3.05, 3.63) is 29.8 Å². The highest BCUT2D eigenvalue weighted by molar-refractivity contribution is 5.89. The molecule has 0 saturated heterocycles. The van der Waals surface area contributed by atoms with Crippen LogP contribution in [0.4, 0.5) is 5.69 Å². The first-order valence-corrected chi connectivity index (χ1v) is 3.00. The van der Waals surface area contributed by atoms with Crippen LogP contribution in [0.5, 0.6) is 0 Å². The molecule has 0 atom stereocenters. The summed E-state index contributed by atoms with van der Waals surface area (Å²) in [4.78, 5) is 14.7. The molecule has 0 heterocycles. The van der Waals surface area contributed by atoms with Gasteiger partial charge in [0.05, 0.1) is 5.56 Å². The van der Waals surface area contributed by atoms with Crippen LogP contribution in [0.2, 0.25) is 0 Å². The Balaban J connectivity index is 2.90. The van der Waals surface area contributed by atoms with E-state index in [9.17, 15) is 4.79 Å². The summed E-state index contributed by atoms with van der Waals surface area (Å²) < 4.78 is 0. The molecular weight excluding hydrogens is 144 g/mol. The van der Waals surface area contributed by atoms with Crippen molar-refractivity contribution in [1.29, 1.82) is 0 Å². The van der Waals surface area contributed by atoms with Gasteiger partial charge in [-0.05, 0) is 24.3 Å². The minimum absolute atomic E-state index is 0.390. The first-order valence-electron chi connectivity index (χ1n) is 3.00. The van der Waals surface area contributed by atoms with Crippen LogP contribution in [0, 0.1) is 0 Å². The van der Waals surface area contributed by atoms with Crippen molar-refractivity contribution in [3.8, 4) is 0 Å². The van der Waals surface area contributed by atoms with Crippen molar-refractivity contribution in [2.45, 2.75) is 0 Å². The summed E-state index contributed by atoms with van der Waals surface area (Å²) in [5, 5.41) is 0. The van der Waals surface area contributed by atoms with Crippen LogP contribution in [0.1, 0.15) is 10.4 Å². The molecule has 0 spiro atoms. The van der Waals surface area contributed by atoms with E-state index in [4.69, 9.17) is 5.73 Å². The maximum absolute atomic E-state index is 10.7. The smallest absolute Gasteiger partial charge is 0.356 e. The Morgan fingerprint density at radius 1 is 1.27 bits per heavy atom. The summed E-state index contributed by atoms with van der Waals surface area (Å²) >= 11 is 0. The molecule has 0 fully saturated rings. The topological polar surface area (TPSA) is 78.3 Å². The van der Waals surface area contributed by atoms with E-state index in [1.807, 2.05) is 0 Å². The zero-order chi connectivity index (χ0) is 8.27. The lowest BCUT2D eigenvalue weighted by atomic mass is 10.2. The molecule has 0 aliphatic rings. The molecule has 1 aromatic carbocycles. The maximum Gasteiger partial charge on any atom is 0.356 e. The first kappa shape index (κ1) is 7.56. The maximum atomic E-state index is 10.7. The highest BCUT2D eigenvalue weighted by Crippen LogP contribution is 2.05. The Labute approximate surface area is 63.7 Å². The Bertz CT molecular complexity index is 256. The van der Waals surface area contributed by atoms with E-state index in [2.05, 4.69) is 10.7 Å². The fourth-order valence-corrected chi connectivity index (χ4v) is 0.687. The number of hydrogen-bond acceptors (Lipinski definition) is 4. The van der Waals surface area contributed by atoms with Gasteiger partial charge in [0.2, 0.25) is 0 Å². The molecule has 0 unspecified atom stereocenters. The second-order valence-corrected chi connectivity index (χ2v) is 2.03. The van der Waals surface area contributed by atoms with Crippen molar-refractivity contribution in [3.63, 3.8) is 0 Å². The number of anilines is 1. The number of carbonyl (C=O) groups excluding carboxylic acids is 1. The quantitative estimate of drug-likeness (QED) is 0.448. The van der Waals surface area contributed by atoms with Gasteiger partial charge >= 0.3 is 5.97 Å². The van der Waals surface area contributed by atoms with E-state index >= 15 is 0 Å². The number of benzene rings is 1. The standard InChI is InChI=1S/C7H8N2O2/c8-6-3-1-5(2-4-6)7(10)11-9/h1-4H,8-9H2. The summed E-state index contributed by atoms with van der Waals surface area (Å²) in [7, 11) is 0. The van der Waals surface area contributed by atoms with Gasteiger partial charge in [-0.3, -0.25) is 0 Å². The lowest BCUT2D eigenvalue weighted by Crippen LogP contribution is -2.09. The zero-order valence-electron chi connectivity index (χ0n) is 5.78. The Hall–Kier alpha value is -1.55. The van der Waals surface area contributed by atoms with Crippen LogP contribution in [-0.2, 0) is 4.84 Å². The molecule has 1 rings (SSSR count). The Morgan fingerprint density at radius 3 is 2.27 bits per heavy atom. The lowest BCUT2D eigenvalue weighted by Gasteiger charge is -1.97. The fraction of sp³-hybridized carbons (Fsp3) is 0. The second kappa shape index (κ2) is 3.03. The van der Waals surface area contributed by atoms with Crippen LogP contribution in [0.25, 0.3) is 0 Å². The molecule has 4 nitrogen and oxygen atoms in total. The van der Waals surface area contributed by atoms with Crippen LogP contribution in [0.15, 0.2) is 24.3 Å². The zero-order valence-corrected chi connectivity index (χ0v) is 5.78. The van der Waals surface area contributed by atoms with Gasteiger partial charge < -0.3 is 10.6 Å². The summed E-state index contributed by atoms with van der Waals surface area (Å²) in [6, 6.07) is 6.30. The molecule has 0 bridgehead atoms. The molecule has 58 valence electrons. The first-order chi connectivity index (χ1) is 5.24. The van der Waals surface area contributed by atoms with E-state index in [-0.39, 0.29) is 0 Å². The molecule has 4 N–H and O–H groups in total. The minimum atomic E-state index is -0.565. The van der Waals surface area contributed by atoms with Gasteiger partial charge in [-0.1, -0.05) is 0 Å². The van der Waals surface area contributed by atoms with Gasteiger partial charge in [-0.15, -0.1) is 0 Å². The molecule has 0 amide bonds. The third-order valence-corrected chi connectivity index (χ3v) is 1.25. The third kappa shape index (κ3) is 1.68. The molecule has 0 radical (unpaired) electrons. The van der Waals surface area contributed by atoms with Gasteiger partial charge in [0.1, 0.15) is 0 Å². The average molecular weight is 152 g/mol. The second-order valence-electron chi connectivity index (χ2n) is 2.03. The lowest BCUT2D eigenvalue weighted by molar-refractivity contribution is 0.0503. The van der Waals surface area contributed by atoms with Crippen molar-refractivity contribution in [2.75, 3.05) is 5.73 Å². The minimum Gasteiger partial charge on any atom is -0.399 e. The van der Waals surface area contributed by atoms with Gasteiger partial charge in [-0.2, -0.15) is 5.90 Å². The monoisotopic (exact) mass is 152 g/mol. The highest BCUT2D eigenvalue weighted by Gasteiger charge is 2.03. The molecule has 11 heavy (non-hydrogen) atoms. The SMILES string of the molecule is NOC(=O)c1ccc(N)cc1. The van der Waals surface area contributed by atoms with Gasteiger partial charge in [-0.25, -0.2) is 4.79 Å². The van der Waals surface area contributed by atoms with Crippen LogP contribution in [-0.4, -0.2) is 5.97 Å².